The van der Waals surface area contributed by atoms with E-state index >= 15 is 0 Å². The fourth-order valence-electron chi connectivity index (χ4n) is 4.32. The highest BCUT2D eigenvalue weighted by atomic mass is 32.2. The molecule has 1 atom stereocenters. The predicted molar refractivity (Wildman–Crippen MR) is 144 cm³/mol. The molecule has 0 aromatic heterocycles. The Balaban J connectivity index is 4.42. The monoisotopic (exact) mass is 506 g/mol. The van der Waals surface area contributed by atoms with E-state index in [1.165, 1.54) is 25.7 Å². The molecule has 7 heteroatoms. The van der Waals surface area contributed by atoms with Gasteiger partial charge in [0.25, 0.3) is 0 Å². The highest BCUT2D eigenvalue weighted by molar-refractivity contribution is 7.90. The third kappa shape index (κ3) is 18.3. The lowest BCUT2D eigenvalue weighted by Gasteiger charge is -2.25. The molecule has 0 rings (SSSR count). The molecule has 0 aliphatic rings. The van der Waals surface area contributed by atoms with Crippen molar-refractivity contribution in [3.63, 3.8) is 0 Å². The van der Waals surface area contributed by atoms with Crippen molar-refractivity contribution in [3.8, 4) is 18.2 Å². The molecule has 0 aliphatic heterocycles. The lowest BCUT2D eigenvalue weighted by molar-refractivity contribution is 0.379. The first kappa shape index (κ1) is 33.4. The van der Waals surface area contributed by atoms with Gasteiger partial charge in [-0.15, -0.1) is 0 Å². The summed E-state index contributed by atoms with van der Waals surface area (Å²) in [5, 5.41) is 25.8. The largest absolute Gasteiger partial charge is 0.230 e. The molecular formula is C28H50N4O2S. The van der Waals surface area contributed by atoms with Crippen molar-refractivity contribution in [2.24, 2.45) is 0 Å². The van der Waals surface area contributed by atoms with E-state index in [1.54, 1.807) is 4.31 Å². The average molecular weight is 507 g/mol. The van der Waals surface area contributed by atoms with Gasteiger partial charge in [0.1, 0.15) is 0 Å². The Bertz CT molecular complexity index is 685. The Morgan fingerprint density at radius 1 is 0.600 bits per heavy atom. The van der Waals surface area contributed by atoms with Crippen molar-refractivity contribution < 1.29 is 8.42 Å². The van der Waals surface area contributed by atoms with Crippen molar-refractivity contribution in [2.45, 2.75) is 147 Å². The zero-order valence-corrected chi connectivity index (χ0v) is 23.2. The van der Waals surface area contributed by atoms with Gasteiger partial charge in [0.2, 0.25) is 10.0 Å². The van der Waals surface area contributed by atoms with E-state index in [0.29, 0.717) is 32.4 Å². The molecule has 0 amide bonds. The Morgan fingerprint density at radius 2 is 0.971 bits per heavy atom. The van der Waals surface area contributed by atoms with Crippen molar-refractivity contribution in [2.75, 3.05) is 13.1 Å². The smallest absolute Gasteiger partial charge is 0.211 e. The first-order valence-electron chi connectivity index (χ1n) is 14.2. The second-order valence-electron chi connectivity index (χ2n) is 9.68. The van der Waals surface area contributed by atoms with Gasteiger partial charge in [0.05, 0.1) is 18.2 Å². The van der Waals surface area contributed by atoms with E-state index in [2.05, 4.69) is 18.2 Å². The van der Waals surface area contributed by atoms with Crippen LogP contribution in [0.25, 0.3) is 0 Å². The normalized spacial score (nSPS) is 12.2. The van der Waals surface area contributed by atoms with Crippen LogP contribution in [-0.4, -0.2) is 31.1 Å². The lowest BCUT2D eigenvalue weighted by atomic mass is 10.1. The first-order chi connectivity index (χ1) is 17.0. The van der Waals surface area contributed by atoms with Gasteiger partial charge < -0.3 is 0 Å². The standard InChI is InChI=1S/C28H50N4O2S/c1-2-3-22-28(27-31)35(33,34)32(25-20-16-12-8-4-6-10-14-18-23-29)26-21-17-13-9-5-7-11-15-19-24-30/h28H,2-22,25-26H2,1H3. The predicted octanol–water partition coefficient (Wildman–Crippen LogP) is 7.77. The molecule has 0 heterocycles. The molecule has 0 spiro atoms. The van der Waals surface area contributed by atoms with Gasteiger partial charge in [0.15, 0.2) is 5.25 Å². The minimum absolute atomic E-state index is 0.420. The molecule has 0 N–H and O–H groups in total. The molecule has 0 aliphatic carbocycles. The number of rotatable bonds is 25. The Kier molecular flexibility index (Phi) is 23.0. The van der Waals surface area contributed by atoms with Gasteiger partial charge in [0, 0.05) is 25.9 Å². The number of nitriles is 3. The van der Waals surface area contributed by atoms with Crippen LogP contribution >= 0.6 is 0 Å². The van der Waals surface area contributed by atoms with Gasteiger partial charge in [-0.1, -0.05) is 96.8 Å². The lowest BCUT2D eigenvalue weighted by Crippen LogP contribution is -2.39. The van der Waals surface area contributed by atoms with E-state index in [-0.39, 0.29) is 0 Å². The summed E-state index contributed by atoms with van der Waals surface area (Å²) in [6.45, 7) is 3.06. The van der Waals surface area contributed by atoms with Crippen LogP contribution < -0.4 is 0 Å². The van der Waals surface area contributed by atoms with Crippen LogP contribution in [0.2, 0.25) is 0 Å². The fourth-order valence-corrected chi connectivity index (χ4v) is 6.05. The zero-order valence-electron chi connectivity index (χ0n) is 22.4. The molecular weight excluding hydrogens is 456 g/mol. The molecule has 0 saturated carbocycles. The van der Waals surface area contributed by atoms with Gasteiger partial charge >= 0.3 is 0 Å². The number of unbranched alkanes of at least 4 members (excludes halogenated alkanes) is 17. The fraction of sp³-hybridized carbons (Fsp3) is 0.893. The topological polar surface area (TPSA) is 109 Å². The van der Waals surface area contributed by atoms with E-state index in [0.717, 1.165) is 89.9 Å². The van der Waals surface area contributed by atoms with Gasteiger partial charge in [-0.25, -0.2) is 12.7 Å². The molecule has 0 radical (unpaired) electrons. The van der Waals surface area contributed by atoms with Crippen LogP contribution in [0.4, 0.5) is 0 Å². The summed E-state index contributed by atoms with van der Waals surface area (Å²) in [7, 11) is -3.59. The molecule has 200 valence electrons. The number of hydrogen-bond acceptors (Lipinski definition) is 5. The van der Waals surface area contributed by atoms with E-state index in [4.69, 9.17) is 10.5 Å². The molecule has 0 saturated heterocycles. The van der Waals surface area contributed by atoms with E-state index in [1.807, 2.05) is 6.92 Å². The quantitative estimate of drug-likeness (QED) is 0.117. The van der Waals surface area contributed by atoms with E-state index in [9.17, 15) is 13.7 Å². The summed E-state index contributed by atoms with van der Waals surface area (Å²) in [5.74, 6) is 0. The van der Waals surface area contributed by atoms with Crippen molar-refractivity contribution in [1.82, 2.24) is 4.31 Å². The molecule has 0 aromatic carbocycles. The maximum Gasteiger partial charge on any atom is 0.230 e. The molecule has 6 nitrogen and oxygen atoms in total. The van der Waals surface area contributed by atoms with Crippen molar-refractivity contribution >= 4 is 10.0 Å². The Hall–Kier alpha value is -1.62. The summed E-state index contributed by atoms with van der Waals surface area (Å²) < 4.78 is 28.0. The van der Waals surface area contributed by atoms with Crippen LogP contribution in [0, 0.1) is 34.0 Å². The second kappa shape index (κ2) is 24.1. The number of nitrogens with zero attached hydrogens (tertiary/aromatic N) is 4. The number of hydrogen-bond donors (Lipinski definition) is 0. The van der Waals surface area contributed by atoms with E-state index < -0.39 is 15.3 Å². The highest BCUT2D eigenvalue weighted by Crippen LogP contribution is 2.19. The molecule has 0 fully saturated rings. The maximum absolute atomic E-state index is 13.2. The summed E-state index contributed by atoms with van der Waals surface area (Å²) in [4.78, 5) is 0. The molecule has 1 unspecified atom stereocenters. The van der Waals surface area contributed by atoms with Gasteiger partial charge in [-0.05, 0) is 32.1 Å². The molecule has 0 aromatic rings. The van der Waals surface area contributed by atoms with Crippen LogP contribution in [0.3, 0.4) is 0 Å². The zero-order chi connectivity index (χ0) is 26.0. The molecule has 0 bridgehead atoms. The number of sulfonamides is 1. The Labute approximate surface area is 216 Å². The first-order valence-corrected chi connectivity index (χ1v) is 15.7. The van der Waals surface area contributed by atoms with Crippen LogP contribution in [-0.2, 0) is 10.0 Å². The maximum atomic E-state index is 13.2. The van der Waals surface area contributed by atoms with Crippen molar-refractivity contribution in [3.05, 3.63) is 0 Å². The summed E-state index contributed by atoms with van der Waals surface area (Å²) in [5.41, 5.74) is 0. The summed E-state index contributed by atoms with van der Waals surface area (Å²) in [6.07, 6.45) is 20.6. The van der Waals surface area contributed by atoms with Crippen molar-refractivity contribution in [1.29, 1.82) is 15.8 Å². The van der Waals surface area contributed by atoms with Crippen LogP contribution in [0.1, 0.15) is 142 Å². The highest BCUT2D eigenvalue weighted by Gasteiger charge is 2.31. The Morgan fingerprint density at radius 3 is 1.31 bits per heavy atom. The third-order valence-electron chi connectivity index (χ3n) is 6.58. The minimum Gasteiger partial charge on any atom is -0.211 e. The van der Waals surface area contributed by atoms with Crippen LogP contribution in [0.5, 0.6) is 0 Å². The second-order valence-corrected chi connectivity index (χ2v) is 11.8. The SMILES string of the molecule is CCCCC(C#N)S(=O)(=O)N(CCCCCCCCCCC#N)CCCCCCCCCCC#N. The summed E-state index contributed by atoms with van der Waals surface area (Å²) in [6, 6.07) is 6.44. The third-order valence-corrected chi connectivity index (χ3v) is 8.72. The average Bonchev–Trinajstić information content (AvgIpc) is 2.85. The molecule has 35 heavy (non-hydrogen) atoms. The summed E-state index contributed by atoms with van der Waals surface area (Å²) >= 11 is 0. The van der Waals surface area contributed by atoms with Gasteiger partial charge in [-0.2, -0.15) is 15.8 Å². The van der Waals surface area contributed by atoms with Crippen LogP contribution in [0.15, 0.2) is 0 Å². The minimum atomic E-state index is -3.59. The van der Waals surface area contributed by atoms with Gasteiger partial charge in [-0.3, -0.25) is 0 Å².